The molecule has 0 saturated carbocycles. The van der Waals surface area contributed by atoms with Gasteiger partial charge in [-0.15, -0.1) is 0 Å². The predicted molar refractivity (Wildman–Crippen MR) is 95.2 cm³/mol. The lowest BCUT2D eigenvalue weighted by atomic mass is 10.0. The Hall–Kier alpha value is -2.08. The van der Waals surface area contributed by atoms with Crippen molar-refractivity contribution in [3.63, 3.8) is 0 Å². The Kier molecular flexibility index (Phi) is 5.58. The van der Waals surface area contributed by atoms with E-state index in [0.717, 1.165) is 37.2 Å². The predicted octanol–water partition coefficient (Wildman–Crippen LogP) is 1.25. The molecule has 6 heteroatoms. The number of ether oxygens (including phenoxy) is 1. The Balaban J connectivity index is 1.53. The van der Waals surface area contributed by atoms with Crippen LogP contribution in [0.1, 0.15) is 24.8 Å². The molecule has 1 aromatic rings. The van der Waals surface area contributed by atoms with Gasteiger partial charge >= 0.3 is 0 Å². The standard InChI is InChI=1S/C19H27N3O3/c1-21-9-3-4-16(13-21)20-19(24)15-10-18(23)22(12-15)11-14-5-7-17(25-2)8-6-14/h5-8,15-16H,3-4,9-13H2,1-2H3,(H,20,24)/t15-,16-/m1/s1. The maximum atomic E-state index is 12.5. The minimum absolute atomic E-state index is 0.0193. The normalized spacial score (nSPS) is 24.4. The molecule has 2 amide bonds. The van der Waals surface area contributed by atoms with Crippen LogP contribution in [-0.4, -0.2) is 61.4 Å². The summed E-state index contributed by atoms with van der Waals surface area (Å²) in [5, 5.41) is 3.14. The molecule has 136 valence electrons. The summed E-state index contributed by atoms with van der Waals surface area (Å²) in [5.41, 5.74) is 1.05. The largest absolute Gasteiger partial charge is 0.497 e. The van der Waals surface area contributed by atoms with Gasteiger partial charge in [0.15, 0.2) is 0 Å². The summed E-state index contributed by atoms with van der Waals surface area (Å²) in [6.45, 7) is 3.02. The fourth-order valence-electron chi connectivity index (χ4n) is 3.66. The first-order valence-corrected chi connectivity index (χ1v) is 8.95. The fraction of sp³-hybridized carbons (Fsp3) is 0.579. The van der Waals surface area contributed by atoms with Gasteiger partial charge in [-0.05, 0) is 44.1 Å². The topological polar surface area (TPSA) is 61.9 Å². The minimum atomic E-state index is -0.238. The van der Waals surface area contributed by atoms with Gasteiger partial charge in [-0.3, -0.25) is 9.59 Å². The van der Waals surface area contributed by atoms with E-state index in [2.05, 4.69) is 17.3 Å². The first-order valence-electron chi connectivity index (χ1n) is 8.95. The van der Waals surface area contributed by atoms with Crippen LogP contribution in [0.2, 0.25) is 0 Å². The molecule has 0 unspecified atom stereocenters. The molecule has 0 aliphatic carbocycles. The Morgan fingerprint density at radius 2 is 2.04 bits per heavy atom. The van der Waals surface area contributed by atoms with E-state index in [1.807, 2.05) is 24.3 Å². The molecule has 1 N–H and O–H groups in total. The van der Waals surface area contributed by atoms with Crippen LogP contribution in [0.5, 0.6) is 5.75 Å². The van der Waals surface area contributed by atoms with Crippen LogP contribution in [0, 0.1) is 5.92 Å². The van der Waals surface area contributed by atoms with Crippen LogP contribution in [0.3, 0.4) is 0 Å². The summed E-state index contributed by atoms with van der Waals surface area (Å²) in [4.78, 5) is 28.8. The molecule has 0 aromatic heterocycles. The summed E-state index contributed by atoms with van der Waals surface area (Å²) < 4.78 is 5.15. The Bertz CT molecular complexity index is 617. The molecule has 0 radical (unpaired) electrons. The van der Waals surface area contributed by atoms with Crippen molar-refractivity contribution in [3.05, 3.63) is 29.8 Å². The highest BCUT2D eigenvalue weighted by molar-refractivity contribution is 5.89. The van der Waals surface area contributed by atoms with Crippen molar-refractivity contribution >= 4 is 11.8 Å². The molecule has 1 aromatic carbocycles. The Labute approximate surface area is 149 Å². The molecule has 6 nitrogen and oxygen atoms in total. The number of carbonyl (C=O) groups excluding carboxylic acids is 2. The van der Waals surface area contributed by atoms with Crippen molar-refractivity contribution < 1.29 is 14.3 Å². The maximum absolute atomic E-state index is 12.5. The van der Waals surface area contributed by atoms with Crippen LogP contribution in [0.15, 0.2) is 24.3 Å². The highest BCUT2D eigenvalue weighted by Crippen LogP contribution is 2.22. The summed E-state index contributed by atoms with van der Waals surface area (Å²) in [7, 11) is 3.71. The summed E-state index contributed by atoms with van der Waals surface area (Å²) in [6, 6.07) is 7.89. The lowest BCUT2D eigenvalue weighted by molar-refractivity contribution is -0.129. The number of carbonyl (C=O) groups is 2. The van der Waals surface area contributed by atoms with E-state index < -0.39 is 0 Å². The minimum Gasteiger partial charge on any atom is -0.497 e. The smallest absolute Gasteiger partial charge is 0.225 e. The molecular formula is C19H27N3O3. The van der Waals surface area contributed by atoms with Gasteiger partial charge in [0.2, 0.25) is 11.8 Å². The molecule has 2 saturated heterocycles. The first-order chi connectivity index (χ1) is 12.0. The number of nitrogens with one attached hydrogen (secondary N) is 1. The van der Waals surface area contributed by atoms with Gasteiger partial charge in [0.1, 0.15) is 5.75 Å². The second-order valence-electron chi connectivity index (χ2n) is 7.13. The zero-order chi connectivity index (χ0) is 17.8. The average molecular weight is 345 g/mol. The van der Waals surface area contributed by atoms with E-state index >= 15 is 0 Å². The third kappa shape index (κ3) is 4.51. The number of nitrogens with zero attached hydrogens (tertiary/aromatic N) is 2. The zero-order valence-corrected chi connectivity index (χ0v) is 15.0. The Morgan fingerprint density at radius 1 is 1.28 bits per heavy atom. The van der Waals surface area contributed by atoms with Gasteiger partial charge in [-0.2, -0.15) is 0 Å². The van der Waals surface area contributed by atoms with E-state index in [1.165, 1.54) is 0 Å². The monoisotopic (exact) mass is 345 g/mol. The van der Waals surface area contributed by atoms with Crippen molar-refractivity contribution in [3.8, 4) is 5.75 Å². The molecule has 0 bridgehead atoms. The van der Waals surface area contributed by atoms with E-state index in [0.29, 0.717) is 19.5 Å². The van der Waals surface area contributed by atoms with Gasteiger partial charge in [0.25, 0.3) is 0 Å². The quantitative estimate of drug-likeness (QED) is 0.873. The van der Waals surface area contributed by atoms with Crippen molar-refractivity contribution in [2.45, 2.75) is 31.8 Å². The first kappa shape index (κ1) is 17.7. The second kappa shape index (κ2) is 7.87. The van der Waals surface area contributed by atoms with Gasteiger partial charge in [0.05, 0.1) is 13.0 Å². The summed E-state index contributed by atoms with van der Waals surface area (Å²) in [5.74, 6) is 0.631. The van der Waals surface area contributed by atoms with Crippen molar-refractivity contribution in [2.24, 2.45) is 5.92 Å². The molecule has 25 heavy (non-hydrogen) atoms. The maximum Gasteiger partial charge on any atom is 0.225 e. The molecule has 3 rings (SSSR count). The van der Waals surface area contributed by atoms with Crippen LogP contribution in [-0.2, 0) is 16.1 Å². The fourth-order valence-corrected chi connectivity index (χ4v) is 3.66. The molecule has 2 heterocycles. The summed E-state index contributed by atoms with van der Waals surface area (Å²) in [6.07, 6.45) is 2.44. The SMILES string of the molecule is COc1ccc(CN2C[C@H](C(=O)N[C@@H]3CCCN(C)C3)CC2=O)cc1. The van der Waals surface area contributed by atoms with Gasteiger partial charge in [0, 0.05) is 32.1 Å². The summed E-state index contributed by atoms with van der Waals surface area (Å²) >= 11 is 0. The molecule has 2 aliphatic rings. The lowest BCUT2D eigenvalue weighted by Gasteiger charge is -2.30. The van der Waals surface area contributed by atoms with Crippen LogP contribution < -0.4 is 10.1 Å². The number of hydrogen-bond acceptors (Lipinski definition) is 4. The van der Waals surface area contributed by atoms with E-state index in [-0.39, 0.29) is 23.8 Å². The van der Waals surface area contributed by atoms with E-state index in [4.69, 9.17) is 4.74 Å². The number of hydrogen-bond donors (Lipinski definition) is 1. The molecule has 2 fully saturated rings. The van der Waals surface area contributed by atoms with Crippen molar-refractivity contribution in [1.29, 1.82) is 0 Å². The number of methoxy groups -OCH3 is 1. The van der Waals surface area contributed by atoms with Crippen LogP contribution in [0.4, 0.5) is 0 Å². The van der Waals surface area contributed by atoms with Gasteiger partial charge in [-0.25, -0.2) is 0 Å². The lowest BCUT2D eigenvalue weighted by Crippen LogP contribution is -2.48. The molecule has 2 atom stereocenters. The number of rotatable bonds is 5. The Morgan fingerprint density at radius 3 is 2.72 bits per heavy atom. The highest BCUT2D eigenvalue weighted by atomic mass is 16.5. The highest BCUT2D eigenvalue weighted by Gasteiger charge is 2.35. The number of benzene rings is 1. The van der Waals surface area contributed by atoms with Gasteiger partial charge in [-0.1, -0.05) is 12.1 Å². The second-order valence-corrected chi connectivity index (χ2v) is 7.13. The average Bonchev–Trinajstić information content (AvgIpc) is 2.96. The molecule has 2 aliphatic heterocycles. The van der Waals surface area contributed by atoms with Crippen LogP contribution >= 0.6 is 0 Å². The van der Waals surface area contributed by atoms with Crippen molar-refractivity contribution in [2.75, 3.05) is 33.8 Å². The van der Waals surface area contributed by atoms with E-state index in [9.17, 15) is 9.59 Å². The van der Waals surface area contributed by atoms with Crippen LogP contribution in [0.25, 0.3) is 0 Å². The number of likely N-dealkylation sites (tertiary alicyclic amines) is 2. The van der Waals surface area contributed by atoms with Crippen molar-refractivity contribution in [1.82, 2.24) is 15.1 Å². The molecular weight excluding hydrogens is 318 g/mol. The number of likely N-dealkylation sites (N-methyl/N-ethyl adjacent to an activating group) is 1. The molecule has 0 spiro atoms. The number of amides is 2. The van der Waals surface area contributed by atoms with Gasteiger partial charge < -0.3 is 19.9 Å². The zero-order valence-electron chi connectivity index (χ0n) is 15.0. The number of piperidine rings is 1. The third-order valence-electron chi connectivity index (χ3n) is 5.09. The third-order valence-corrected chi connectivity index (χ3v) is 5.09. The van der Waals surface area contributed by atoms with E-state index in [1.54, 1.807) is 12.0 Å².